The number of hydrogen-bond acceptors (Lipinski definition) is 4. The second-order valence-corrected chi connectivity index (χ2v) is 4.60. The van der Waals surface area contributed by atoms with E-state index < -0.39 is 23.7 Å². The molecule has 1 aliphatic heterocycles. The average Bonchev–Trinajstić information content (AvgIpc) is 2.73. The summed E-state index contributed by atoms with van der Waals surface area (Å²) in [6.45, 7) is 7.14. The van der Waals surface area contributed by atoms with Crippen molar-refractivity contribution in [2.45, 2.75) is 45.4 Å². The van der Waals surface area contributed by atoms with Crippen LogP contribution < -0.4 is 0 Å². The normalized spacial score (nSPS) is 24.7. The highest BCUT2D eigenvalue weighted by Crippen LogP contribution is 2.30. The number of carbonyl (C=O) groups is 2. The Morgan fingerprint density at radius 1 is 1.27 bits per heavy atom. The van der Waals surface area contributed by atoms with Gasteiger partial charge in [-0.3, -0.25) is 4.90 Å². The summed E-state index contributed by atoms with van der Waals surface area (Å²) in [7, 11) is 1.31. The minimum absolute atomic E-state index is 0.132. The van der Waals surface area contributed by atoms with E-state index in [1.54, 1.807) is 27.7 Å². The lowest BCUT2D eigenvalue weighted by Crippen LogP contribution is -2.29. The summed E-state index contributed by atoms with van der Waals surface area (Å²) in [6.07, 6.45) is -0.467. The molecule has 1 fully saturated rings. The lowest BCUT2D eigenvalue weighted by molar-refractivity contribution is -0.140. The van der Waals surface area contributed by atoms with E-state index in [1.165, 1.54) is 12.0 Å². The third-order valence-electron chi connectivity index (χ3n) is 2.15. The number of methoxy groups -OCH3 is 1. The molecule has 0 bridgehead atoms. The Morgan fingerprint density at radius 2 is 1.80 bits per heavy atom. The van der Waals surface area contributed by atoms with E-state index >= 15 is 0 Å². The van der Waals surface area contributed by atoms with Crippen molar-refractivity contribution >= 4 is 12.1 Å². The maximum Gasteiger partial charge on any atom is 0.411 e. The van der Waals surface area contributed by atoms with Crippen LogP contribution in [0.2, 0.25) is 0 Å². The van der Waals surface area contributed by atoms with Crippen molar-refractivity contribution in [1.82, 2.24) is 4.90 Å². The Labute approximate surface area is 89.3 Å². The third kappa shape index (κ3) is 2.61. The van der Waals surface area contributed by atoms with Crippen molar-refractivity contribution in [3.8, 4) is 0 Å². The van der Waals surface area contributed by atoms with Gasteiger partial charge in [0.05, 0.1) is 13.2 Å². The molecular weight excluding hydrogens is 198 g/mol. The lowest BCUT2D eigenvalue weighted by atomic mass is 10.2. The molecule has 0 spiro atoms. The molecular formula is C10H17NO4. The van der Waals surface area contributed by atoms with Gasteiger partial charge in [0.25, 0.3) is 0 Å². The summed E-state index contributed by atoms with van der Waals surface area (Å²) in [5.74, 6) is -0.395. The van der Waals surface area contributed by atoms with Crippen LogP contribution in [-0.4, -0.2) is 41.8 Å². The predicted octanol–water partition coefficient (Wildman–Crippen LogP) is 1.17. The van der Waals surface area contributed by atoms with E-state index in [-0.39, 0.29) is 6.04 Å². The van der Waals surface area contributed by atoms with Crippen LogP contribution in [0.5, 0.6) is 0 Å². The minimum Gasteiger partial charge on any atom is -0.467 e. The molecule has 0 aliphatic carbocycles. The summed E-state index contributed by atoms with van der Waals surface area (Å²) in [5.41, 5.74) is -0.542. The molecule has 1 saturated heterocycles. The lowest BCUT2D eigenvalue weighted by Gasteiger charge is -2.19. The maximum atomic E-state index is 11.6. The molecule has 0 aromatic carbocycles. The molecule has 1 amide bonds. The first kappa shape index (κ1) is 11.8. The van der Waals surface area contributed by atoms with Crippen LogP contribution in [0.3, 0.4) is 0 Å². The SMILES string of the molecule is COC(=O)[C@@H]1[C@@H](C)N1C(=O)OC(C)(C)C. The first-order valence-electron chi connectivity index (χ1n) is 4.87. The molecule has 0 saturated carbocycles. The number of nitrogens with zero attached hydrogens (tertiary/aromatic N) is 1. The maximum absolute atomic E-state index is 11.6. The van der Waals surface area contributed by atoms with Gasteiger partial charge in [0.1, 0.15) is 5.60 Å². The molecule has 0 N–H and O–H groups in total. The van der Waals surface area contributed by atoms with E-state index in [2.05, 4.69) is 4.74 Å². The number of carbonyl (C=O) groups excluding carboxylic acids is 2. The monoisotopic (exact) mass is 215 g/mol. The number of amides is 1. The summed E-state index contributed by atoms with van der Waals surface area (Å²) >= 11 is 0. The van der Waals surface area contributed by atoms with Crippen LogP contribution in [0, 0.1) is 0 Å². The van der Waals surface area contributed by atoms with Gasteiger partial charge in [-0.25, -0.2) is 9.59 Å². The molecule has 0 radical (unpaired) electrons. The molecule has 2 atom stereocenters. The zero-order valence-corrected chi connectivity index (χ0v) is 9.73. The molecule has 0 unspecified atom stereocenters. The Morgan fingerprint density at radius 3 is 2.20 bits per heavy atom. The first-order valence-corrected chi connectivity index (χ1v) is 4.87. The first-order chi connectivity index (χ1) is 6.78. The van der Waals surface area contributed by atoms with Crippen LogP contribution >= 0.6 is 0 Å². The second-order valence-electron chi connectivity index (χ2n) is 4.60. The van der Waals surface area contributed by atoms with E-state index in [1.807, 2.05) is 0 Å². The number of hydrogen-bond donors (Lipinski definition) is 0. The van der Waals surface area contributed by atoms with Crippen molar-refractivity contribution in [3.63, 3.8) is 0 Å². The van der Waals surface area contributed by atoms with Crippen molar-refractivity contribution in [3.05, 3.63) is 0 Å². The zero-order valence-electron chi connectivity index (χ0n) is 9.73. The second kappa shape index (κ2) is 3.72. The van der Waals surface area contributed by atoms with Crippen LogP contribution in [0.1, 0.15) is 27.7 Å². The van der Waals surface area contributed by atoms with Crippen molar-refractivity contribution in [2.75, 3.05) is 7.11 Å². The Kier molecular flexibility index (Phi) is 2.93. The van der Waals surface area contributed by atoms with Gasteiger partial charge in [-0.15, -0.1) is 0 Å². The van der Waals surface area contributed by atoms with Crippen LogP contribution in [0.15, 0.2) is 0 Å². The molecule has 5 heteroatoms. The van der Waals surface area contributed by atoms with Gasteiger partial charge in [-0.2, -0.15) is 0 Å². The highest BCUT2D eigenvalue weighted by molar-refractivity contribution is 5.88. The molecule has 5 nitrogen and oxygen atoms in total. The number of rotatable bonds is 1. The van der Waals surface area contributed by atoms with E-state index in [4.69, 9.17) is 4.74 Å². The number of ether oxygens (including phenoxy) is 2. The Hall–Kier alpha value is -1.26. The van der Waals surface area contributed by atoms with Gasteiger partial charge < -0.3 is 9.47 Å². The fourth-order valence-corrected chi connectivity index (χ4v) is 1.37. The van der Waals surface area contributed by atoms with Gasteiger partial charge in [0.2, 0.25) is 0 Å². The van der Waals surface area contributed by atoms with Crippen LogP contribution in [-0.2, 0) is 14.3 Å². The van der Waals surface area contributed by atoms with E-state index in [0.29, 0.717) is 0 Å². The molecule has 1 rings (SSSR count). The van der Waals surface area contributed by atoms with Crippen molar-refractivity contribution in [1.29, 1.82) is 0 Å². The summed E-state index contributed by atoms with van der Waals surface area (Å²) in [6, 6.07) is -0.614. The third-order valence-corrected chi connectivity index (χ3v) is 2.15. The average molecular weight is 215 g/mol. The summed E-state index contributed by atoms with van der Waals surface area (Å²) in [5, 5.41) is 0. The highest BCUT2D eigenvalue weighted by atomic mass is 16.6. The fourth-order valence-electron chi connectivity index (χ4n) is 1.37. The molecule has 1 aliphatic rings. The Balaban J connectivity index is 2.54. The highest BCUT2D eigenvalue weighted by Gasteiger charge is 2.55. The predicted molar refractivity (Wildman–Crippen MR) is 53.3 cm³/mol. The topological polar surface area (TPSA) is 55.6 Å². The summed E-state index contributed by atoms with van der Waals surface area (Å²) in [4.78, 5) is 24.1. The molecule has 86 valence electrons. The molecule has 1 heterocycles. The van der Waals surface area contributed by atoms with Crippen LogP contribution in [0.25, 0.3) is 0 Å². The molecule has 0 aromatic heterocycles. The molecule has 0 aromatic rings. The van der Waals surface area contributed by atoms with E-state index in [0.717, 1.165) is 0 Å². The van der Waals surface area contributed by atoms with Crippen molar-refractivity contribution < 1.29 is 19.1 Å². The van der Waals surface area contributed by atoms with E-state index in [9.17, 15) is 9.59 Å². The van der Waals surface area contributed by atoms with Gasteiger partial charge in [-0.1, -0.05) is 0 Å². The standard InChI is InChI=1S/C10H17NO4/c1-6-7(8(12)14-5)11(6)9(13)15-10(2,3)4/h6-7H,1-5H3/t6-,7+,11?/m1/s1. The van der Waals surface area contributed by atoms with Gasteiger partial charge >= 0.3 is 12.1 Å². The summed E-state index contributed by atoms with van der Waals surface area (Å²) < 4.78 is 9.70. The van der Waals surface area contributed by atoms with Gasteiger partial charge in [-0.05, 0) is 27.7 Å². The smallest absolute Gasteiger partial charge is 0.411 e. The zero-order chi connectivity index (χ0) is 11.8. The Bertz CT molecular complexity index is 282. The minimum atomic E-state index is -0.542. The molecule has 15 heavy (non-hydrogen) atoms. The van der Waals surface area contributed by atoms with Crippen LogP contribution in [0.4, 0.5) is 4.79 Å². The van der Waals surface area contributed by atoms with Crippen molar-refractivity contribution in [2.24, 2.45) is 0 Å². The number of esters is 1. The quantitative estimate of drug-likeness (QED) is 0.486. The van der Waals surface area contributed by atoms with Gasteiger partial charge in [0, 0.05) is 0 Å². The largest absolute Gasteiger partial charge is 0.467 e. The fraction of sp³-hybridized carbons (Fsp3) is 0.800. The van der Waals surface area contributed by atoms with Gasteiger partial charge in [0.15, 0.2) is 6.04 Å².